The van der Waals surface area contributed by atoms with Crippen LogP contribution in [0.2, 0.25) is 0 Å². The summed E-state index contributed by atoms with van der Waals surface area (Å²) in [6, 6.07) is 6.19. The molecule has 0 atom stereocenters. The Balaban J connectivity index is 2.44. The Morgan fingerprint density at radius 2 is 1.67 bits per heavy atom. The van der Waals surface area contributed by atoms with Gasteiger partial charge in [-0.25, -0.2) is 14.3 Å². The van der Waals surface area contributed by atoms with Crippen molar-refractivity contribution in [1.29, 1.82) is 0 Å². The molecule has 9 heteroatoms. The van der Waals surface area contributed by atoms with Crippen LogP contribution >= 0.6 is 0 Å². The van der Waals surface area contributed by atoms with E-state index in [-0.39, 0.29) is 30.1 Å². The van der Waals surface area contributed by atoms with Gasteiger partial charge < -0.3 is 0 Å². The van der Waals surface area contributed by atoms with Crippen molar-refractivity contribution >= 4 is 21.8 Å². The Morgan fingerprint density at radius 1 is 1.10 bits per heavy atom. The SMILES string of the molecule is Cc1ccc(S(=O)(=O)NNC(=O)CCCC(=O)NN)cc1. The van der Waals surface area contributed by atoms with Gasteiger partial charge in [-0.05, 0) is 25.5 Å². The summed E-state index contributed by atoms with van der Waals surface area (Å²) in [7, 11) is -3.80. The van der Waals surface area contributed by atoms with Crippen molar-refractivity contribution < 1.29 is 18.0 Å². The largest absolute Gasteiger partial charge is 0.294 e. The molecule has 21 heavy (non-hydrogen) atoms. The lowest BCUT2D eigenvalue weighted by molar-refractivity contribution is -0.122. The molecule has 2 amide bonds. The van der Waals surface area contributed by atoms with Crippen LogP contribution in [0.1, 0.15) is 24.8 Å². The van der Waals surface area contributed by atoms with Crippen molar-refractivity contribution in [2.75, 3.05) is 0 Å². The lowest BCUT2D eigenvalue weighted by atomic mass is 10.2. The number of nitrogens with two attached hydrogens (primary N) is 1. The highest BCUT2D eigenvalue weighted by Gasteiger charge is 2.14. The summed E-state index contributed by atoms with van der Waals surface area (Å²) in [6.07, 6.45) is 0.361. The first-order valence-electron chi connectivity index (χ1n) is 6.22. The first-order chi connectivity index (χ1) is 9.85. The van der Waals surface area contributed by atoms with Crippen LogP contribution in [-0.4, -0.2) is 20.2 Å². The number of benzene rings is 1. The summed E-state index contributed by atoms with van der Waals surface area (Å²) in [5, 5.41) is 0. The molecular formula is C12H18N4O4S. The number of carbonyl (C=O) groups is 2. The van der Waals surface area contributed by atoms with Crippen molar-refractivity contribution in [3.8, 4) is 0 Å². The average Bonchev–Trinajstić information content (AvgIpc) is 2.45. The van der Waals surface area contributed by atoms with E-state index in [0.717, 1.165) is 5.56 Å². The van der Waals surface area contributed by atoms with Gasteiger partial charge in [0.25, 0.3) is 10.0 Å². The number of sulfonamides is 1. The van der Waals surface area contributed by atoms with Crippen LogP contribution in [0.25, 0.3) is 0 Å². The fourth-order valence-corrected chi connectivity index (χ4v) is 2.31. The van der Waals surface area contributed by atoms with Crippen LogP contribution in [0.5, 0.6) is 0 Å². The number of hydrogen-bond acceptors (Lipinski definition) is 5. The zero-order chi connectivity index (χ0) is 15.9. The van der Waals surface area contributed by atoms with Crippen molar-refractivity contribution in [3.05, 3.63) is 29.8 Å². The molecule has 5 N–H and O–H groups in total. The van der Waals surface area contributed by atoms with Gasteiger partial charge in [0.15, 0.2) is 0 Å². The molecule has 0 spiro atoms. The minimum Gasteiger partial charge on any atom is -0.294 e. The Hall–Kier alpha value is -1.97. The molecule has 0 unspecified atom stereocenters. The number of amides is 2. The van der Waals surface area contributed by atoms with E-state index in [1.807, 2.05) is 17.2 Å². The van der Waals surface area contributed by atoms with E-state index in [1.165, 1.54) is 12.1 Å². The summed E-state index contributed by atoms with van der Waals surface area (Å²) >= 11 is 0. The van der Waals surface area contributed by atoms with Gasteiger partial charge in [0.1, 0.15) is 0 Å². The maximum atomic E-state index is 11.9. The third-order valence-electron chi connectivity index (χ3n) is 2.62. The number of hydrogen-bond donors (Lipinski definition) is 4. The number of carbonyl (C=O) groups excluding carboxylic acids is 2. The van der Waals surface area contributed by atoms with Crippen molar-refractivity contribution in [3.63, 3.8) is 0 Å². The second-order valence-corrected chi connectivity index (χ2v) is 6.07. The minimum absolute atomic E-state index is 0.00381. The molecule has 0 aliphatic heterocycles. The van der Waals surface area contributed by atoms with Gasteiger partial charge in [0.2, 0.25) is 11.8 Å². The second kappa shape index (κ2) is 7.72. The van der Waals surface area contributed by atoms with E-state index in [4.69, 9.17) is 5.84 Å². The summed E-state index contributed by atoms with van der Waals surface area (Å²) in [5.41, 5.74) is 4.95. The maximum absolute atomic E-state index is 11.9. The zero-order valence-electron chi connectivity index (χ0n) is 11.5. The van der Waals surface area contributed by atoms with Gasteiger partial charge >= 0.3 is 0 Å². The quantitative estimate of drug-likeness (QED) is 0.305. The molecule has 0 bridgehead atoms. The van der Waals surface area contributed by atoms with Crippen LogP contribution in [0.3, 0.4) is 0 Å². The Kier molecular flexibility index (Phi) is 6.28. The predicted molar refractivity (Wildman–Crippen MR) is 75.8 cm³/mol. The first-order valence-corrected chi connectivity index (χ1v) is 7.70. The Morgan fingerprint density at radius 3 is 2.24 bits per heavy atom. The molecule has 0 aromatic heterocycles. The molecule has 0 fully saturated rings. The third-order valence-corrected chi connectivity index (χ3v) is 3.89. The second-order valence-electron chi connectivity index (χ2n) is 4.39. The predicted octanol–water partition coefficient (Wildman–Crippen LogP) is -0.535. The van der Waals surface area contributed by atoms with E-state index < -0.39 is 15.9 Å². The summed E-state index contributed by atoms with van der Waals surface area (Å²) in [6.45, 7) is 1.84. The maximum Gasteiger partial charge on any atom is 0.257 e. The van der Waals surface area contributed by atoms with E-state index >= 15 is 0 Å². The topological polar surface area (TPSA) is 130 Å². The van der Waals surface area contributed by atoms with Gasteiger partial charge in [-0.2, -0.15) is 0 Å². The van der Waals surface area contributed by atoms with E-state index in [2.05, 4.69) is 5.43 Å². The minimum atomic E-state index is -3.80. The van der Waals surface area contributed by atoms with Crippen LogP contribution < -0.4 is 21.5 Å². The molecule has 0 radical (unpaired) electrons. The molecule has 8 nitrogen and oxygen atoms in total. The molecule has 116 valence electrons. The van der Waals surface area contributed by atoms with E-state index in [0.29, 0.717) is 0 Å². The molecule has 0 aliphatic rings. The van der Waals surface area contributed by atoms with Crippen LogP contribution in [0.15, 0.2) is 29.2 Å². The zero-order valence-corrected chi connectivity index (χ0v) is 12.4. The Bertz CT molecular complexity index is 598. The smallest absolute Gasteiger partial charge is 0.257 e. The van der Waals surface area contributed by atoms with Gasteiger partial charge in [-0.15, -0.1) is 4.83 Å². The number of rotatable bonds is 7. The summed E-state index contributed by atoms with van der Waals surface area (Å²) in [4.78, 5) is 24.3. The summed E-state index contributed by atoms with van der Waals surface area (Å²) in [5.74, 6) is 3.97. The number of nitrogens with one attached hydrogen (secondary N) is 3. The fraction of sp³-hybridized carbons (Fsp3) is 0.333. The Labute approximate surface area is 123 Å². The summed E-state index contributed by atoms with van der Waals surface area (Å²) < 4.78 is 23.7. The molecular weight excluding hydrogens is 296 g/mol. The molecule has 0 aliphatic carbocycles. The highest BCUT2D eigenvalue weighted by atomic mass is 32.2. The van der Waals surface area contributed by atoms with Crippen LogP contribution in [0.4, 0.5) is 0 Å². The van der Waals surface area contributed by atoms with E-state index in [9.17, 15) is 18.0 Å². The first kappa shape index (κ1) is 17.1. The van der Waals surface area contributed by atoms with Gasteiger partial charge in [-0.1, -0.05) is 17.7 Å². The number of aryl methyl sites for hydroxylation is 1. The highest BCUT2D eigenvalue weighted by Crippen LogP contribution is 2.09. The van der Waals surface area contributed by atoms with Gasteiger partial charge in [0, 0.05) is 12.8 Å². The standard InChI is InChI=1S/C12H18N4O4S/c1-9-5-7-10(8-6-9)21(19,20)16-15-12(18)4-2-3-11(17)14-13/h5-8,16H,2-4,13H2,1H3,(H,14,17)(H,15,18). The molecule has 1 aromatic rings. The van der Waals surface area contributed by atoms with Crippen molar-refractivity contribution in [2.24, 2.45) is 5.84 Å². The highest BCUT2D eigenvalue weighted by molar-refractivity contribution is 7.89. The lowest BCUT2D eigenvalue weighted by Crippen LogP contribution is -2.41. The molecule has 1 rings (SSSR count). The third kappa shape index (κ3) is 5.90. The molecule has 0 heterocycles. The van der Waals surface area contributed by atoms with Crippen LogP contribution in [0, 0.1) is 6.92 Å². The number of hydrazine groups is 2. The fourth-order valence-electron chi connectivity index (χ4n) is 1.44. The lowest BCUT2D eigenvalue weighted by Gasteiger charge is -2.08. The normalized spacial score (nSPS) is 11.0. The van der Waals surface area contributed by atoms with Gasteiger partial charge in [-0.3, -0.25) is 20.4 Å². The molecule has 0 saturated heterocycles. The average molecular weight is 314 g/mol. The molecule has 1 aromatic carbocycles. The monoisotopic (exact) mass is 314 g/mol. The van der Waals surface area contributed by atoms with Gasteiger partial charge in [0.05, 0.1) is 4.90 Å². The van der Waals surface area contributed by atoms with Crippen LogP contribution in [-0.2, 0) is 19.6 Å². The van der Waals surface area contributed by atoms with Crippen molar-refractivity contribution in [2.45, 2.75) is 31.1 Å². The van der Waals surface area contributed by atoms with E-state index in [1.54, 1.807) is 12.1 Å². The van der Waals surface area contributed by atoms with Crippen molar-refractivity contribution in [1.82, 2.24) is 15.7 Å². The molecule has 0 saturated carbocycles.